The zero-order valence-electron chi connectivity index (χ0n) is 20.2. The van der Waals surface area contributed by atoms with Crippen LogP contribution in [-0.2, 0) is 19.3 Å². The summed E-state index contributed by atoms with van der Waals surface area (Å²) in [7, 11) is 2.04. The van der Waals surface area contributed by atoms with Gasteiger partial charge in [0, 0.05) is 25.2 Å². The fourth-order valence-corrected chi connectivity index (χ4v) is 4.37. The first-order valence-electron chi connectivity index (χ1n) is 12.6. The van der Waals surface area contributed by atoms with Crippen molar-refractivity contribution in [2.45, 2.75) is 50.6 Å². The number of benzene rings is 3. The van der Waals surface area contributed by atoms with Gasteiger partial charge < -0.3 is 16.0 Å². The molecule has 0 unspecified atom stereocenters. The molecule has 3 N–H and O–H groups in total. The van der Waals surface area contributed by atoms with Gasteiger partial charge in [-0.3, -0.25) is 0 Å². The van der Waals surface area contributed by atoms with Gasteiger partial charge in [-0.1, -0.05) is 97.4 Å². The first-order chi connectivity index (χ1) is 16.3. The Bertz CT molecular complexity index is 851. The summed E-state index contributed by atoms with van der Waals surface area (Å²) < 4.78 is 0. The Kier molecular flexibility index (Phi) is 11.7. The number of unbranched alkanes of at least 4 members (excludes halogenated alkanes) is 2. The van der Waals surface area contributed by atoms with E-state index in [1.165, 1.54) is 42.4 Å². The van der Waals surface area contributed by atoms with Crippen molar-refractivity contribution in [2.75, 3.05) is 26.7 Å². The summed E-state index contributed by atoms with van der Waals surface area (Å²) in [5.74, 6) is 0. The molecule has 0 radical (unpaired) electrons. The summed E-state index contributed by atoms with van der Waals surface area (Å²) in [4.78, 5) is 0. The maximum Gasteiger partial charge on any atom is 0.0233 e. The number of aryl methyl sites for hydroxylation is 1. The summed E-state index contributed by atoms with van der Waals surface area (Å²) in [5.41, 5.74) is 4.23. The van der Waals surface area contributed by atoms with Crippen LogP contribution in [0.3, 0.4) is 0 Å². The average Bonchev–Trinajstić information content (AvgIpc) is 2.86. The van der Waals surface area contributed by atoms with E-state index >= 15 is 0 Å². The van der Waals surface area contributed by atoms with Crippen molar-refractivity contribution in [1.82, 2.24) is 16.0 Å². The third-order valence-electron chi connectivity index (χ3n) is 6.17. The highest BCUT2D eigenvalue weighted by Gasteiger charge is 2.13. The summed E-state index contributed by atoms with van der Waals surface area (Å²) in [6.07, 6.45) is 7.02. The van der Waals surface area contributed by atoms with Crippen LogP contribution < -0.4 is 16.0 Å². The smallest absolute Gasteiger partial charge is 0.0233 e. The number of nitrogens with one attached hydrogen (secondary N) is 3. The standard InChI is InChI=1S/C30H41N3/c1-31-24-29(22-27-17-8-3-9-18-27)33-25-30(23-28-19-10-4-11-20-28)32-21-13-5-12-16-26-14-6-2-7-15-26/h2-4,6-11,14-15,17-20,29-33H,5,12-13,16,21-25H2,1H3/t29-,30-/m0/s1. The molecular formula is C30H41N3. The molecule has 2 atom stereocenters. The molecule has 3 heteroatoms. The van der Waals surface area contributed by atoms with Crippen LogP contribution in [0.5, 0.6) is 0 Å². The van der Waals surface area contributed by atoms with Gasteiger partial charge in [0.15, 0.2) is 0 Å². The molecule has 0 aliphatic carbocycles. The Morgan fingerprint density at radius 3 is 1.61 bits per heavy atom. The highest BCUT2D eigenvalue weighted by Crippen LogP contribution is 2.08. The van der Waals surface area contributed by atoms with Crippen molar-refractivity contribution >= 4 is 0 Å². The van der Waals surface area contributed by atoms with Crippen LogP contribution in [0.2, 0.25) is 0 Å². The van der Waals surface area contributed by atoms with Crippen molar-refractivity contribution in [1.29, 1.82) is 0 Å². The first-order valence-corrected chi connectivity index (χ1v) is 12.6. The Labute approximate surface area is 201 Å². The lowest BCUT2D eigenvalue weighted by Gasteiger charge is -2.24. The Balaban J connectivity index is 1.45. The zero-order chi connectivity index (χ0) is 23.0. The van der Waals surface area contributed by atoms with E-state index in [0.717, 1.165) is 32.5 Å². The van der Waals surface area contributed by atoms with Crippen molar-refractivity contribution < 1.29 is 0 Å². The molecule has 0 amide bonds. The lowest BCUT2D eigenvalue weighted by molar-refractivity contribution is 0.413. The minimum atomic E-state index is 0.420. The quantitative estimate of drug-likeness (QED) is 0.272. The second-order valence-electron chi connectivity index (χ2n) is 8.99. The Hall–Kier alpha value is -2.46. The van der Waals surface area contributed by atoms with Gasteiger partial charge in [0.25, 0.3) is 0 Å². The van der Waals surface area contributed by atoms with E-state index < -0.39 is 0 Å². The molecule has 3 aromatic rings. The molecule has 0 spiro atoms. The van der Waals surface area contributed by atoms with Gasteiger partial charge in [0.1, 0.15) is 0 Å². The normalized spacial score (nSPS) is 13.0. The molecule has 0 bridgehead atoms. The minimum absolute atomic E-state index is 0.420. The third kappa shape index (κ3) is 10.3. The van der Waals surface area contributed by atoms with Crippen molar-refractivity contribution in [3.8, 4) is 0 Å². The van der Waals surface area contributed by atoms with Gasteiger partial charge in [-0.15, -0.1) is 0 Å². The molecule has 176 valence electrons. The van der Waals surface area contributed by atoms with E-state index in [2.05, 4.69) is 107 Å². The van der Waals surface area contributed by atoms with Gasteiger partial charge in [-0.2, -0.15) is 0 Å². The van der Waals surface area contributed by atoms with Gasteiger partial charge in [-0.05, 0) is 62.4 Å². The molecule has 0 aliphatic rings. The Morgan fingerprint density at radius 1 is 0.545 bits per heavy atom. The SMILES string of the molecule is CNC[C@H](Cc1ccccc1)NC[C@H](Cc1ccccc1)NCCCCCc1ccccc1. The van der Waals surface area contributed by atoms with Gasteiger partial charge >= 0.3 is 0 Å². The number of rotatable bonds is 16. The van der Waals surface area contributed by atoms with E-state index in [4.69, 9.17) is 0 Å². The maximum absolute atomic E-state index is 3.85. The average molecular weight is 444 g/mol. The van der Waals surface area contributed by atoms with Crippen LogP contribution in [0.25, 0.3) is 0 Å². The van der Waals surface area contributed by atoms with Crippen LogP contribution in [0, 0.1) is 0 Å². The molecule has 0 heterocycles. The number of likely N-dealkylation sites (N-methyl/N-ethyl adjacent to an activating group) is 1. The van der Waals surface area contributed by atoms with Gasteiger partial charge in [-0.25, -0.2) is 0 Å². The number of hydrogen-bond acceptors (Lipinski definition) is 3. The van der Waals surface area contributed by atoms with Gasteiger partial charge in [0.05, 0.1) is 0 Å². The largest absolute Gasteiger partial charge is 0.318 e. The van der Waals surface area contributed by atoms with Crippen molar-refractivity contribution in [3.63, 3.8) is 0 Å². The molecule has 0 aliphatic heterocycles. The Morgan fingerprint density at radius 2 is 1.06 bits per heavy atom. The number of hydrogen-bond donors (Lipinski definition) is 3. The fraction of sp³-hybridized carbons (Fsp3) is 0.400. The molecular weight excluding hydrogens is 402 g/mol. The molecule has 0 saturated heterocycles. The first kappa shape index (κ1) is 25.2. The van der Waals surface area contributed by atoms with Crippen molar-refractivity contribution in [2.24, 2.45) is 0 Å². The van der Waals surface area contributed by atoms with Crippen LogP contribution in [0.4, 0.5) is 0 Å². The van der Waals surface area contributed by atoms with Crippen molar-refractivity contribution in [3.05, 3.63) is 108 Å². The maximum atomic E-state index is 3.85. The molecule has 0 fully saturated rings. The molecule has 3 rings (SSSR count). The lowest BCUT2D eigenvalue weighted by Crippen LogP contribution is -2.47. The molecule has 0 aromatic heterocycles. The van der Waals surface area contributed by atoms with E-state index in [1.54, 1.807) is 0 Å². The topological polar surface area (TPSA) is 36.1 Å². The van der Waals surface area contributed by atoms with Crippen LogP contribution in [-0.4, -0.2) is 38.8 Å². The summed E-state index contributed by atoms with van der Waals surface area (Å²) >= 11 is 0. The van der Waals surface area contributed by atoms with E-state index in [0.29, 0.717) is 12.1 Å². The molecule has 3 nitrogen and oxygen atoms in total. The molecule has 0 saturated carbocycles. The predicted octanol–water partition coefficient (Wildman–Crippen LogP) is 5.02. The third-order valence-corrected chi connectivity index (χ3v) is 6.17. The highest BCUT2D eigenvalue weighted by atomic mass is 15.0. The second-order valence-corrected chi connectivity index (χ2v) is 8.99. The van der Waals surface area contributed by atoms with E-state index in [1.807, 2.05) is 7.05 Å². The van der Waals surface area contributed by atoms with Gasteiger partial charge in [0.2, 0.25) is 0 Å². The predicted molar refractivity (Wildman–Crippen MR) is 142 cm³/mol. The van der Waals surface area contributed by atoms with Crippen LogP contribution in [0.15, 0.2) is 91.0 Å². The summed E-state index contributed by atoms with van der Waals surface area (Å²) in [5, 5.41) is 11.0. The lowest BCUT2D eigenvalue weighted by atomic mass is 10.0. The van der Waals surface area contributed by atoms with Crippen LogP contribution >= 0.6 is 0 Å². The summed E-state index contributed by atoms with van der Waals surface area (Å²) in [6, 6.07) is 33.3. The monoisotopic (exact) mass is 443 g/mol. The minimum Gasteiger partial charge on any atom is -0.318 e. The molecule has 3 aromatic carbocycles. The summed E-state index contributed by atoms with van der Waals surface area (Å²) in [6.45, 7) is 3.01. The highest BCUT2D eigenvalue weighted by molar-refractivity contribution is 5.17. The van der Waals surface area contributed by atoms with Crippen LogP contribution in [0.1, 0.15) is 36.0 Å². The van der Waals surface area contributed by atoms with E-state index in [-0.39, 0.29) is 0 Å². The molecule has 33 heavy (non-hydrogen) atoms. The second kappa shape index (κ2) is 15.4. The fourth-order valence-electron chi connectivity index (χ4n) is 4.37. The van der Waals surface area contributed by atoms with E-state index in [9.17, 15) is 0 Å². The zero-order valence-corrected chi connectivity index (χ0v) is 20.2.